The molecule has 2 aliphatic heterocycles. The van der Waals surface area contributed by atoms with Crippen LogP contribution in [0.2, 0.25) is 0 Å². The Morgan fingerprint density at radius 1 is 0.556 bits per heavy atom. The number of aliphatic hydroxyl groups excluding tert-OH is 8. The molecule has 0 bridgehead atoms. The summed E-state index contributed by atoms with van der Waals surface area (Å²) in [5.74, 6) is -6.23. The van der Waals surface area contributed by atoms with Crippen molar-refractivity contribution in [2.75, 3.05) is 27.4 Å². The average Bonchev–Trinajstić information content (AvgIpc) is 3.25. The van der Waals surface area contributed by atoms with Crippen molar-refractivity contribution in [2.24, 2.45) is 11.8 Å². The lowest BCUT2D eigenvalue weighted by atomic mass is 9.84. The fraction of sp³-hybridized carbons (Fsp3) is 0.488. The van der Waals surface area contributed by atoms with E-state index in [1.165, 1.54) is 74.9 Å². The predicted octanol–water partition coefficient (Wildman–Crippen LogP) is -0.657. The maximum Gasteiger partial charge on any atom is 0.311 e. The van der Waals surface area contributed by atoms with Crippen LogP contribution in [0.4, 0.5) is 0 Å². The lowest BCUT2D eigenvalue weighted by Crippen LogP contribution is -2.57. The Bertz CT molecular complexity index is 1850. The summed E-state index contributed by atoms with van der Waals surface area (Å²) in [7, 11) is 2.66. The van der Waals surface area contributed by atoms with Crippen LogP contribution in [0.3, 0.4) is 0 Å². The molecule has 2 fully saturated rings. The van der Waals surface area contributed by atoms with Crippen molar-refractivity contribution in [1.29, 1.82) is 0 Å². The van der Waals surface area contributed by atoms with Gasteiger partial charge in [-0.1, -0.05) is 24.3 Å². The molecule has 0 unspecified atom stereocenters. The van der Waals surface area contributed by atoms with E-state index in [2.05, 4.69) is 0 Å². The number of Topliss-reactive ketones (excluding diaryl/α,β-unsaturated/α-hetero) is 2. The van der Waals surface area contributed by atoms with E-state index in [9.17, 15) is 69.6 Å². The van der Waals surface area contributed by atoms with Crippen molar-refractivity contribution in [3.63, 3.8) is 0 Å². The number of aliphatic hydroxyl groups is 8. The third-order valence-electron chi connectivity index (χ3n) is 10.3. The first-order chi connectivity index (χ1) is 30.0. The highest BCUT2D eigenvalue weighted by Crippen LogP contribution is 2.32. The Kier molecular flexibility index (Phi) is 19.2. The summed E-state index contributed by atoms with van der Waals surface area (Å²) in [6, 6.07) is 8.86. The van der Waals surface area contributed by atoms with Gasteiger partial charge in [-0.25, -0.2) is 0 Å². The first-order valence-electron chi connectivity index (χ1n) is 19.9. The van der Waals surface area contributed by atoms with E-state index in [1.807, 2.05) is 0 Å². The van der Waals surface area contributed by atoms with Crippen LogP contribution in [0.5, 0.6) is 23.0 Å². The van der Waals surface area contributed by atoms with Crippen LogP contribution in [0.15, 0.2) is 48.6 Å². The fourth-order valence-corrected chi connectivity index (χ4v) is 6.87. The summed E-state index contributed by atoms with van der Waals surface area (Å²) in [4.78, 5) is 75.6. The van der Waals surface area contributed by atoms with Crippen molar-refractivity contribution < 1.29 is 98.0 Å². The van der Waals surface area contributed by atoms with Crippen LogP contribution in [-0.4, -0.2) is 153 Å². The number of methoxy groups -OCH3 is 2. The summed E-state index contributed by atoms with van der Waals surface area (Å²) in [6.07, 6.45) is -8.85. The van der Waals surface area contributed by atoms with Gasteiger partial charge >= 0.3 is 11.9 Å². The second-order valence-electron chi connectivity index (χ2n) is 14.7. The van der Waals surface area contributed by atoms with Gasteiger partial charge in [0.1, 0.15) is 36.0 Å². The number of rotatable bonds is 22. The second-order valence-corrected chi connectivity index (χ2v) is 14.7. The van der Waals surface area contributed by atoms with Gasteiger partial charge in [-0.2, -0.15) is 0 Å². The van der Waals surface area contributed by atoms with Crippen molar-refractivity contribution in [3.05, 3.63) is 59.7 Å². The molecule has 2 aliphatic rings. The molecule has 0 amide bonds. The van der Waals surface area contributed by atoms with Gasteiger partial charge in [-0.3, -0.25) is 28.8 Å². The molecule has 20 nitrogen and oxygen atoms in total. The summed E-state index contributed by atoms with van der Waals surface area (Å²) in [5.41, 5.74) is 0.943. The quantitative estimate of drug-likeness (QED) is 0.0315. The highest BCUT2D eigenvalue weighted by molar-refractivity contribution is 6.11. The van der Waals surface area contributed by atoms with Gasteiger partial charge in [0.05, 0.1) is 57.9 Å². The van der Waals surface area contributed by atoms with Crippen molar-refractivity contribution in [1.82, 2.24) is 0 Å². The third kappa shape index (κ3) is 13.9. The van der Waals surface area contributed by atoms with Crippen LogP contribution in [0.1, 0.15) is 56.1 Å². The highest BCUT2D eigenvalue weighted by atomic mass is 16.6. The van der Waals surface area contributed by atoms with E-state index >= 15 is 0 Å². The second kappa shape index (κ2) is 24.0. The van der Waals surface area contributed by atoms with E-state index in [0.29, 0.717) is 11.1 Å². The van der Waals surface area contributed by atoms with Gasteiger partial charge in [-0.15, -0.1) is 0 Å². The van der Waals surface area contributed by atoms with E-state index in [1.54, 1.807) is 0 Å². The van der Waals surface area contributed by atoms with Gasteiger partial charge < -0.3 is 69.3 Å². The Morgan fingerprint density at radius 2 is 0.937 bits per heavy atom. The highest BCUT2D eigenvalue weighted by Gasteiger charge is 2.48. The van der Waals surface area contributed by atoms with Gasteiger partial charge in [0, 0.05) is 25.7 Å². The van der Waals surface area contributed by atoms with Crippen LogP contribution in [0, 0.1) is 11.8 Å². The number of allylic oxidation sites excluding steroid dienone is 2. The molecule has 344 valence electrons. The number of ether oxygens (including phenoxy) is 6. The van der Waals surface area contributed by atoms with Gasteiger partial charge in [-0.05, 0) is 60.4 Å². The molecule has 2 aromatic carbocycles. The smallest absolute Gasteiger partial charge is 0.311 e. The molecule has 4 rings (SSSR count). The zero-order valence-corrected chi connectivity index (χ0v) is 34.4. The molecule has 0 aromatic heterocycles. The fourth-order valence-electron chi connectivity index (χ4n) is 6.87. The van der Waals surface area contributed by atoms with Gasteiger partial charge in [0.15, 0.2) is 47.1 Å². The maximum atomic E-state index is 12.7. The molecular weight excluding hydrogens is 836 g/mol. The van der Waals surface area contributed by atoms with E-state index in [4.69, 9.17) is 28.4 Å². The number of benzene rings is 2. The van der Waals surface area contributed by atoms with Crippen LogP contribution in [0.25, 0.3) is 12.2 Å². The molecule has 0 saturated carbocycles. The molecule has 0 radical (unpaired) electrons. The summed E-state index contributed by atoms with van der Waals surface area (Å²) < 4.78 is 31.1. The minimum absolute atomic E-state index is 0.0125. The molecule has 0 aliphatic carbocycles. The number of carbonyl (C=O) groups excluding carboxylic acids is 6. The van der Waals surface area contributed by atoms with E-state index < -0.39 is 116 Å². The molecule has 63 heavy (non-hydrogen) atoms. The molecular formula is C43H52O20. The zero-order chi connectivity index (χ0) is 46.4. The van der Waals surface area contributed by atoms with Crippen LogP contribution in [-0.2, 0) is 38.2 Å². The number of hydrogen-bond acceptors (Lipinski definition) is 20. The van der Waals surface area contributed by atoms with E-state index in [0.717, 1.165) is 0 Å². The predicted molar refractivity (Wildman–Crippen MR) is 215 cm³/mol. The topological polar surface area (TPSA) is 320 Å². The molecule has 10 atom stereocenters. The maximum absolute atomic E-state index is 12.7. The lowest BCUT2D eigenvalue weighted by molar-refractivity contribution is -0.269. The molecule has 2 aromatic rings. The summed E-state index contributed by atoms with van der Waals surface area (Å²) in [6.45, 7) is -1.37. The standard InChI is InChI=1S/C43H52O20/c1-58-30-17-22(11-15-28(30)60-34(50)7-3-5-26(48)36-38(52)32(20-44)62-42(56)40(36)54)9-13-24(46)19-25(47)14-10-23-12-16-29(31(18-23)59-2)61-35(51)8-4-6-27(49)37-39(53)33(21-45)63-43(57)41(37)55/h9-18,32-33,36-45,52-57H,3-8,19-21H2,1-2H3/b13-9+,14-10+/t32-,33-,36-,37+,38+,39-,40+,41-,42+,43-/m1/s1. The first-order valence-corrected chi connectivity index (χ1v) is 19.9. The Morgan fingerprint density at radius 3 is 1.29 bits per heavy atom. The number of carbonyl (C=O) groups is 6. The third-order valence-corrected chi connectivity index (χ3v) is 10.3. The average molecular weight is 889 g/mol. The number of esters is 2. The SMILES string of the molecule is COc1cc(/C=C/C(=O)CC(=O)/C=C/c2ccc(OC(=O)CCCC(=O)[C@@H]3[C@@H](O)[C@H](O)O[C@H](CO)[C@H]3O)c(OC)c2)ccc1OC(=O)CCCC(=O)[C@@H]1[C@@H](O)[C@@H](CO)O[C@H](O)[C@H]1O. The van der Waals surface area contributed by atoms with Crippen molar-refractivity contribution in [2.45, 2.75) is 94.1 Å². The molecule has 0 spiro atoms. The van der Waals surface area contributed by atoms with Crippen LogP contribution >= 0.6 is 0 Å². The monoisotopic (exact) mass is 888 g/mol. The zero-order valence-electron chi connectivity index (χ0n) is 34.4. The molecule has 2 heterocycles. The molecule has 20 heteroatoms. The van der Waals surface area contributed by atoms with Crippen molar-refractivity contribution >= 4 is 47.2 Å². The largest absolute Gasteiger partial charge is 0.493 e. The summed E-state index contributed by atoms with van der Waals surface area (Å²) in [5, 5.41) is 79.1. The molecule has 8 N–H and O–H groups in total. The number of hydrogen-bond donors (Lipinski definition) is 8. The number of ketones is 4. The Labute approximate surface area is 360 Å². The Balaban J connectivity index is 1.22. The van der Waals surface area contributed by atoms with E-state index in [-0.39, 0.29) is 61.5 Å². The first kappa shape index (κ1) is 50.4. The normalized spacial score (nSPS) is 26.0. The van der Waals surface area contributed by atoms with Crippen LogP contribution < -0.4 is 18.9 Å². The Hall–Kier alpha value is -5.26. The van der Waals surface area contributed by atoms with Crippen molar-refractivity contribution in [3.8, 4) is 23.0 Å². The molecule has 2 saturated heterocycles. The minimum Gasteiger partial charge on any atom is -0.493 e. The summed E-state index contributed by atoms with van der Waals surface area (Å²) >= 11 is 0. The van der Waals surface area contributed by atoms with Gasteiger partial charge in [0.25, 0.3) is 0 Å². The van der Waals surface area contributed by atoms with Gasteiger partial charge in [0.2, 0.25) is 0 Å². The minimum atomic E-state index is -1.78. The lowest BCUT2D eigenvalue weighted by Gasteiger charge is -2.39.